The number of benzene rings is 1. The molecule has 0 aliphatic carbocycles. The Kier molecular flexibility index (Phi) is 4.59. The van der Waals surface area contributed by atoms with Gasteiger partial charge in [-0.3, -0.25) is 0 Å². The van der Waals surface area contributed by atoms with Crippen molar-refractivity contribution in [2.24, 2.45) is 5.73 Å². The fourth-order valence-corrected chi connectivity index (χ4v) is 1.81. The van der Waals surface area contributed by atoms with Crippen LogP contribution in [0.25, 0.3) is 0 Å². The maximum Gasteiger partial charge on any atom is 0.122 e. The van der Waals surface area contributed by atoms with Gasteiger partial charge < -0.3 is 15.6 Å². The summed E-state index contributed by atoms with van der Waals surface area (Å²) in [6.45, 7) is 2.09. The van der Waals surface area contributed by atoms with E-state index in [4.69, 9.17) is 15.6 Å². The first-order chi connectivity index (χ1) is 7.20. The van der Waals surface area contributed by atoms with E-state index >= 15 is 0 Å². The maximum absolute atomic E-state index is 9.01. The van der Waals surface area contributed by atoms with E-state index in [2.05, 4.69) is 0 Å². The second-order valence-corrected chi connectivity index (χ2v) is 3.72. The monoisotopic (exact) mass is 209 g/mol. The Bertz CT molecular complexity index is 299. The van der Waals surface area contributed by atoms with Crippen molar-refractivity contribution in [3.05, 3.63) is 29.8 Å². The summed E-state index contributed by atoms with van der Waals surface area (Å²) in [6, 6.07) is 7.82. The third-order valence-corrected chi connectivity index (χ3v) is 2.61. The molecule has 0 saturated carbocycles. The SMILES string of the molecule is COc1ccccc1C(CCO)C(C)N. The van der Waals surface area contributed by atoms with Gasteiger partial charge >= 0.3 is 0 Å². The molecule has 0 aliphatic rings. The standard InChI is InChI=1S/C12H19NO2/c1-9(13)10(7-8-14)11-5-3-4-6-12(11)15-2/h3-6,9-10,14H,7-8,13H2,1-2H3. The fraction of sp³-hybridized carbons (Fsp3) is 0.500. The average molecular weight is 209 g/mol. The van der Waals surface area contributed by atoms with Crippen LogP contribution in [0.5, 0.6) is 5.75 Å². The lowest BCUT2D eigenvalue weighted by Gasteiger charge is -2.22. The molecule has 2 atom stereocenters. The molecule has 3 nitrogen and oxygen atoms in total. The summed E-state index contributed by atoms with van der Waals surface area (Å²) in [6.07, 6.45) is 0.665. The lowest BCUT2D eigenvalue weighted by molar-refractivity contribution is 0.267. The van der Waals surface area contributed by atoms with Gasteiger partial charge in [0, 0.05) is 18.6 Å². The summed E-state index contributed by atoms with van der Waals surface area (Å²) >= 11 is 0. The van der Waals surface area contributed by atoms with Crippen LogP contribution in [0.1, 0.15) is 24.8 Å². The number of nitrogens with two attached hydrogens (primary N) is 1. The summed E-state index contributed by atoms with van der Waals surface area (Å²) in [5.41, 5.74) is 6.98. The average Bonchev–Trinajstić information content (AvgIpc) is 2.25. The normalized spacial score (nSPS) is 14.7. The minimum absolute atomic E-state index is 0.00782. The van der Waals surface area contributed by atoms with Gasteiger partial charge in [-0.15, -0.1) is 0 Å². The minimum Gasteiger partial charge on any atom is -0.496 e. The first-order valence-electron chi connectivity index (χ1n) is 5.20. The Hall–Kier alpha value is -1.06. The molecule has 0 radical (unpaired) electrons. The van der Waals surface area contributed by atoms with Gasteiger partial charge in [-0.2, -0.15) is 0 Å². The van der Waals surface area contributed by atoms with Crippen molar-refractivity contribution < 1.29 is 9.84 Å². The van der Waals surface area contributed by atoms with Crippen molar-refractivity contribution in [3.8, 4) is 5.75 Å². The van der Waals surface area contributed by atoms with E-state index in [0.717, 1.165) is 11.3 Å². The van der Waals surface area contributed by atoms with E-state index in [9.17, 15) is 0 Å². The van der Waals surface area contributed by atoms with Gasteiger partial charge in [0.05, 0.1) is 7.11 Å². The second-order valence-electron chi connectivity index (χ2n) is 3.72. The molecule has 3 N–H and O–H groups in total. The first kappa shape index (κ1) is 12.0. The van der Waals surface area contributed by atoms with E-state index in [1.165, 1.54) is 0 Å². The quantitative estimate of drug-likeness (QED) is 0.772. The summed E-state index contributed by atoms with van der Waals surface area (Å²) < 4.78 is 5.29. The zero-order valence-corrected chi connectivity index (χ0v) is 9.31. The summed E-state index contributed by atoms with van der Waals surface area (Å²) in [7, 11) is 1.65. The van der Waals surface area contributed by atoms with E-state index in [0.29, 0.717) is 6.42 Å². The number of hydrogen-bond donors (Lipinski definition) is 2. The highest BCUT2D eigenvalue weighted by molar-refractivity contribution is 5.37. The van der Waals surface area contributed by atoms with Crippen molar-refractivity contribution in [2.75, 3.05) is 13.7 Å². The van der Waals surface area contributed by atoms with Crippen molar-refractivity contribution in [1.82, 2.24) is 0 Å². The molecule has 3 heteroatoms. The molecular formula is C12H19NO2. The number of aliphatic hydroxyl groups is 1. The number of para-hydroxylation sites is 1. The van der Waals surface area contributed by atoms with Crippen molar-refractivity contribution in [3.63, 3.8) is 0 Å². The summed E-state index contributed by atoms with van der Waals surface area (Å²) in [5, 5.41) is 9.01. The largest absolute Gasteiger partial charge is 0.496 e. The Balaban J connectivity index is 2.98. The fourth-order valence-electron chi connectivity index (χ4n) is 1.81. The smallest absolute Gasteiger partial charge is 0.122 e. The van der Waals surface area contributed by atoms with E-state index in [1.807, 2.05) is 31.2 Å². The number of hydrogen-bond acceptors (Lipinski definition) is 3. The third-order valence-electron chi connectivity index (χ3n) is 2.61. The van der Waals surface area contributed by atoms with E-state index < -0.39 is 0 Å². The lowest BCUT2D eigenvalue weighted by atomic mass is 9.89. The van der Waals surface area contributed by atoms with Gasteiger partial charge in [0.25, 0.3) is 0 Å². The van der Waals surface area contributed by atoms with Crippen LogP contribution in [0.2, 0.25) is 0 Å². The Morgan fingerprint density at radius 3 is 2.60 bits per heavy atom. The lowest BCUT2D eigenvalue weighted by Crippen LogP contribution is -2.26. The highest BCUT2D eigenvalue weighted by Crippen LogP contribution is 2.30. The number of ether oxygens (including phenoxy) is 1. The number of methoxy groups -OCH3 is 1. The molecule has 15 heavy (non-hydrogen) atoms. The summed E-state index contributed by atoms with van der Waals surface area (Å²) in [4.78, 5) is 0. The topological polar surface area (TPSA) is 55.5 Å². The molecule has 0 aromatic heterocycles. The maximum atomic E-state index is 9.01. The van der Waals surface area contributed by atoms with Gasteiger partial charge in [0.2, 0.25) is 0 Å². The highest BCUT2D eigenvalue weighted by Gasteiger charge is 2.18. The molecule has 0 spiro atoms. The zero-order chi connectivity index (χ0) is 11.3. The molecule has 1 aromatic carbocycles. The molecule has 1 aromatic rings. The molecule has 0 fully saturated rings. The van der Waals surface area contributed by atoms with Crippen LogP contribution in [0.3, 0.4) is 0 Å². The van der Waals surface area contributed by atoms with Gasteiger partial charge in [-0.05, 0) is 25.0 Å². The molecule has 0 bridgehead atoms. The van der Waals surface area contributed by atoms with E-state index in [1.54, 1.807) is 7.11 Å². The predicted molar refractivity (Wildman–Crippen MR) is 61.1 cm³/mol. The molecule has 0 heterocycles. The predicted octanol–water partition coefficient (Wildman–Crippen LogP) is 1.51. The van der Waals surface area contributed by atoms with Crippen LogP contribution in [-0.4, -0.2) is 24.9 Å². The molecule has 1 rings (SSSR count). The highest BCUT2D eigenvalue weighted by atomic mass is 16.5. The molecule has 84 valence electrons. The first-order valence-corrected chi connectivity index (χ1v) is 5.20. The minimum atomic E-state index is 0.00782. The number of aliphatic hydroxyl groups excluding tert-OH is 1. The Morgan fingerprint density at radius 2 is 2.07 bits per heavy atom. The third kappa shape index (κ3) is 2.94. The van der Waals surface area contributed by atoms with Crippen molar-refractivity contribution in [1.29, 1.82) is 0 Å². The van der Waals surface area contributed by atoms with Crippen LogP contribution >= 0.6 is 0 Å². The molecule has 0 amide bonds. The summed E-state index contributed by atoms with van der Waals surface area (Å²) in [5.74, 6) is 0.986. The van der Waals surface area contributed by atoms with Crippen LogP contribution < -0.4 is 10.5 Å². The van der Waals surface area contributed by atoms with Gasteiger partial charge in [0.1, 0.15) is 5.75 Å². The molecule has 2 unspecified atom stereocenters. The van der Waals surface area contributed by atoms with Gasteiger partial charge in [0.15, 0.2) is 0 Å². The van der Waals surface area contributed by atoms with Crippen molar-refractivity contribution in [2.45, 2.75) is 25.3 Å². The van der Waals surface area contributed by atoms with Crippen LogP contribution in [0.15, 0.2) is 24.3 Å². The second kappa shape index (κ2) is 5.73. The number of rotatable bonds is 5. The van der Waals surface area contributed by atoms with Crippen molar-refractivity contribution >= 4 is 0 Å². The van der Waals surface area contributed by atoms with Crippen LogP contribution in [0, 0.1) is 0 Å². The molecule has 0 saturated heterocycles. The molecule has 0 aliphatic heterocycles. The Labute approximate surface area is 90.9 Å². The van der Waals surface area contributed by atoms with Gasteiger partial charge in [-0.1, -0.05) is 18.2 Å². The van der Waals surface area contributed by atoms with Crippen LogP contribution in [0.4, 0.5) is 0 Å². The van der Waals surface area contributed by atoms with Crippen LogP contribution in [-0.2, 0) is 0 Å². The van der Waals surface area contributed by atoms with E-state index in [-0.39, 0.29) is 18.6 Å². The van der Waals surface area contributed by atoms with Gasteiger partial charge in [-0.25, -0.2) is 0 Å². The Morgan fingerprint density at radius 1 is 1.40 bits per heavy atom. The molecular weight excluding hydrogens is 190 g/mol. The zero-order valence-electron chi connectivity index (χ0n) is 9.31.